The molecule has 2 aromatic heterocycles. The smallest absolute Gasteiger partial charge is 0.214 e. The van der Waals surface area contributed by atoms with Gasteiger partial charge in [-0.25, -0.2) is 4.98 Å². The molecule has 0 fully saturated rings. The van der Waals surface area contributed by atoms with Crippen LogP contribution in [0.5, 0.6) is 5.75 Å². The lowest BCUT2D eigenvalue weighted by Gasteiger charge is -2.09. The first-order chi connectivity index (χ1) is 13.1. The van der Waals surface area contributed by atoms with Gasteiger partial charge in [0.2, 0.25) is 5.89 Å². The van der Waals surface area contributed by atoms with Crippen molar-refractivity contribution in [1.82, 2.24) is 15.6 Å². The molecular weight excluding hydrogens is 487 g/mol. The number of rotatable bonds is 6. The van der Waals surface area contributed by atoms with E-state index in [1.54, 1.807) is 25.5 Å². The van der Waals surface area contributed by atoms with Gasteiger partial charge in [0.25, 0.3) is 0 Å². The van der Waals surface area contributed by atoms with Crippen LogP contribution in [0.25, 0.3) is 11.1 Å². The van der Waals surface area contributed by atoms with Crippen LogP contribution in [0, 0.1) is 13.8 Å². The zero-order chi connectivity index (χ0) is 19.2. The van der Waals surface area contributed by atoms with Gasteiger partial charge in [-0.1, -0.05) is 12.1 Å². The molecule has 3 rings (SSSR count). The fourth-order valence-corrected chi connectivity index (χ4v) is 3.41. The third kappa shape index (κ3) is 5.71. The summed E-state index contributed by atoms with van der Waals surface area (Å²) in [6.45, 7) is 5.04. The molecule has 0 radical (unpaired) electrons. The van der Waals surface area contributed by atoms with Crippen LogP contribution in [0.15, 0.2) is 45.1 Å². The van der Waals surface area contributed by atoms with E-state index in [-0.39, 0.29) is 24.0 Å². The van der Waals surface area contributed by atoms with Crippen molar-refractivity contribution in [3.63, 3.8) is 0 Å². The average molecular weight is 512 g/mol. The van der Waals surface area contributed by atoms with Gasteiger partial charge in [0.15, 0.2) is 5.96 Å². The third-order valence-electron chi connectivity index (χ3n) is 4.21. The summed E-state index contributed by atoms with van der Waals surface area (Å²) in [6, 6.07) is 10.3. The average Bonchev–Trinajstić information content (AvgIpc) is 3.29. The van der Waals surface area contributed by atoms with Crippen LogP contribution in [0.2, 0.25) is 0 Å². The Kier molecular flexibility index (Phi) is 8.31. The van der Waals surface area contributed by atoms with Crippen LogP contribution < -0.4 is 15.4 Å². The second-order valence-corrected chi connectivity index (χ2v) is 7.05. The summed E-state index contributed by atoms with van der Waals surface area (Å²) in [7, 11) is 3.42. The van der Waals surface area contributed by atoms with Crippen LogP contribution in [0.3, 0.4) is 0 Å². The molecular formula is C20H25IN4O2S. The Morgan fingerprint density at radius 1 is 1.14 bits per heavy atom. The van der Waals surface area contributed by atoms with Crippen LogP contribution in [0.1, 0.15) is 22.2 Å². The van der Waals surface area contributed by atoms with Gasteiger partial charge in [0.05, 0.1) is 25.9 Å². The molecule has 0 saturated carbocycles. The lowest BCUT2D eigenvalue weighted by molar-refractivity contribution is 0.415. The van der Waals surface area contributed by atoms with Crippen molar-refractivity contribution in [2.24, 2.45) is 4.99 Å². The normalized spacial score (nSPS) is 11.1. The first-order valence-corrected chi connectivity index (χ1v) is 9.56. The summed E-state index contributed by atoms with van der Waals surface area (Å²) in [4.78, 5) is 9.84. The van der Waals surface area contributed by atoms with Gasteiger partial charge >= 0.3 is 0 Å². The fraction of sp³-hybridized carbons (Fsp3) is 0.300. The van der Waals surface area contributed by atoms with Crippen LogP contribution in [-0.2, 0) is 13.1 Å². The number of ether oxygens (including phenoxy) is 1. The highest BCUT2D eigenvalue weighted by Crippen LogP contribution is 2.27. The molecule has 3 aromatic rings. The SMILES string of the molecule is CN=C(NCc1nc(C)c(C)o1)NCc1cc(-c2ccc(OC)cc2)cs1.I. The number of guanidine groups is 1. The summed E-state index contributed by atoms with van der Waals surface area (Å²) in [5.41, 5.74) is 3.29. The molecule has 0 unspecified atom stereocenters. The van der Waals surface area contributed by atoms with Gasteiger partial charge in [-0.05, 0) is 48.6 Å². The standard InChI is InChI=1S/C20H24N4O2S.HI/c1-13-14(2)26-19(24-13)11-23-20(21-3)22-10-18-9-16(12-27-18)15-5-7-17(25-4)8-6-15;/h5-9,12H,10-11H2,1-4H3,(H2,21,22,23);1H. The third-order valence-corrected chi connectivity index (χ3v) is 5.15. The number of methoxy groups -OCH3 is 1. The zero-order valence-electron chi connectivity index (χ0n) is 16.4. The maximum atomic E-state index is 5.58. The first kappa shape index (κ1) is 22.2. The quantitative estimate of drug-likeness (QED) is 0.289. The van der Waals surface area contributed by atoms with E-state index in [1.807, 2.05) is 26.0 Å². The fourth-order valence-electron chi connectivity index (χ4n) is 2.57. The lowest BCUT2D eigenvalue weighted by atomic mass is 10.1. The van der Waals surface area contributed by atoms with Crippen LogP contribution in [0.4, 0.5) is 0 Å². The molecule has 0 saturated heterocycles. The van der Waals surface area contributed by atoms with E-state index in [9.17, 15) is 0 Å². The number of hydrogen-bond donors (Lipinski definition) is 2. The minimum Gasteiger partial charge on any atom is -0.497 e. The predicted molar refractivity (Wildman–Crippen MR) is 125 cm³/mol. The van der Waals surface area contributed by atoms with Gasteiger partial charge in [0.1, 0.15) is 11.5 Å². The zero-order valence-corrected chi connectivity index (χ0v) is 19.6. The number of aromatic nitrogens is 1. The molecule has 1 aromatic carbocycles. The van der Waals surface area contributed by atoms with Crippen molar-refractivity contribution < 1.29 is 9.15 Å². The van der Waals surface area contributed by atoms with E-state index in [0.717, 1.165) is 17.2 Å². The Morgan fingerprint density at radius 2 is 1.86 bits per heavy atom. The van der Waals surface area contributed by atoms with E-state index in [4.69, 9.17) is 9.15 Å². The number of oxazole rings is 1. The number of halogens is 1. The summed E-state index contributed by atoms with van der Waals surface area (Å²) in [5, 5.41) is 8.70. The van der Waals surface area contributed by atoms with Crippen molar-refractivity contribution >= 4 is 41.3 Å². The number of hydrogen-bond acceptors (Lipinski definition) is 5. The van der Waals surface area contributed by atoms with Gasteiger partial charge in [0, 0.05) is 11.9 Å². The van der Waals surface area contributed by atoms with Gasteiger partial charge in [-0.15, -0.1) is 35.3 Å². The molecule has 0 aliphatic carbocycles. The van der Waals surface area contributed by atoms with Crippen molar-refractivity contribution in [1.29, 1.82) is 0 Å². The highest BCUT2D eigenvalue weighted by Gasteiger charge is 2.07. The van der Waals surface area contributed by atoms with Gasteiger partial charge in [-0.3, -0.25) is 4.99 Å². The van der Waals surface area contributed by atoms with Gasteiger partial charge < -0.3 is 19.8 Å². The molecule has 0 aliphatic rings. The minimum absolute atomic E-state index is 0. The van der Waals surface area contributed by atoms with Gasteiger partial charge in [-0.2, -0.15) is 0 Å². The molecule has 0 bridgehead atoms. The molecule has 0 amide bonds. The lowest BCUT2D eigenvalue weighted by Crippen LogP contribution is -2.36. The largest absolute Gasteiger partial charge is 0.497 e. The highest BCUT2D eigenvalue weighted by atomic mass is 127. The number of aryl methyl sites for hydroxylation is 2. The summed E-state index contributed by atoms with van der Waals surface area (Å²) < 4.78 is 10.8. The highest BCUT2D eigenvalue weighted by molar-refractivity contribution is 14.0. The summed E-state index contributed by atoms with van der Waals surface area (Å²) >= 11 is 1.72. The number of nitrogens with one attached hydrogen (secondary N) is 2. The Balaban J connectivity index is 0.00000280. The molecule has 150 valence electrons. The van der Waals surface area contributed by atoms with E-state index < -0.39 is 0 Å². The topological polar surface area (TPSA) is 71.7 Å². The van der Waals surface area contributed by atoms with E-state index in [0.29, 0.717) is 24.9 Å². The number of thiophene rings is 1. The molecule has 2 N–H and O–H groups in total. The first-order valence-electron chi connectivity index (χ1n) is 8.68. The maximum Gasteiger partial charge on any atom is 0.214 e. The molecule has 6 nitrogen and oxygen atoms in total. The van der Waals surface area contributed by atoms with E-state index in [2.05, 4.69) is 44.2 Å². The second-order valence-electron chi connectivity index (χ2n) is 6.06. The van der Waals surface area contributed by atoms with E-state index in [1.165, 1.54) is 16.0 Å². The van der Waals surface area contributed by atoms with Crippen molar-refractivity contribution in [3.05, 3.63) is 57.9 Å². The predicted octanol–water partition coefficient (Wildman–Crippen LogP) is 4.51. The van der Waals surface area contributed by atoms with Crippen LogP contribution >= 0.6 is 35.3 Å². The van der Waals surface area contributed by atoms with Crippen molar-refractivity contribution in [2.45, 2.75) is 26.9 Å². The molecule has 8 heteroatoms. The minimum atomic E-state index is 0. The second kappa shape index (κ2) is 10.5. The van der Waals surface area contributed by atoms with Crippen molar-refractivity contribution in [3.8, 4) is 16.9 Å². The number of nitrogens with zero attached hydrogens (tertiary/aromatic N) is 2. The Bertz CT molecular complexity index is 899. The molecule has 2 heterocycles. The van der Waals surface area contributed by atoms with Crippen molar-refractivity contribution in [2.75, 3.05) is 14.2 Å². The molecule has 0 aliphatic heterocycles. The number of benzene rings is 1. The maximum absolute atomic E-state index is 5.58. The summed E-state index contributed by atoms with van der Waals surface area (Å²) in [5.74, 6) is 3.08. The van der Waals surface area contributed by atoms with Crippen LogP contribution in [-0.4, -0.2) is 25.1 Å². The van der Waals surface area contributed by atoms with E-state index >= 15 is 0 Å². The Hall–Kier alpha value is -2.07. The Morgan fingerprint density at radius 3 is 2.46 bits per heavy atom. The monoisotopic (exact) mass is 512 g/mol. The molecule has 0 atom stereocenters. The Labute approximate surface area is 186 Å². The molecule has 0 spiro atoms. The summed E-state index contributed by atoms with van der Waals surface area (Å²) in [6.07, 6.45) is 0. The number of aliphatic imine (C=N–C) groups is 1. The molecule has 28 heavy (non-hydrogen) atoms.